The molecule has 1 atom stereocenters. The minimum atomic E-state index is -0.331. The standard InChI is InChI=1S/C22H23Cl2N3O3/c1-2-30-22(29)26-9-7-17(8-10-26)27-20(18-5-3-4-6-19(18)21(27)28)25-16-12-14(23)11-15(24)13-16/h3-6,11-13,17,20,25H,2,7-10H2,1H3/t20-/m1/s1. The van der Waals surface area contributed by atoms with Crippen molar-refractivity contribution in [1.29, 1.82) is 0 Å². The van der Waals surface area contributed by atoms with Crippen molar-refractivity contribution in [1.82, 2.24) is 9.80 Å². The van der Waals surface area contributed by atoms with E-state index < -0.39 is 0 Å². The largest absolute Gasteiger partial charge is 0.450 e. The Bertz CT molecular complexity index is 940. The van der Waals surface area contributed by atoms with Gasteiger partial charge in [0.2, 0.25) is 0 Å². The number of benzene rings is 2. The van der Waals surface area contributed by atoms with E-state index in [0.717, 1.165) is 11.3 Å². The summed E-state index contributed by atoms with van der Waals surface area (Å²) in [7, 11) is 0. The summed E-state index contributed by atoms with van der Waals surface area (Å²) >= 11 is 12.3. The Morgan fingerprint density at radius 2 is 1.80 bits per heavy atom. The molecule has 6 nitrogen and oxygen atoms in total. The lowest BCUT2D eigenvalue weighted by Crippen LogP contribution is -2.49. The fourth-order valence-corrected chi connectivity index (χ4v) is 4.72. The highest BCUT2D eigenvalue weighted by molar-refractivity contribution is 6.35. The van der Waals surface area contributed by atoms with Crippen LogP contribution in [0.2, 0.25) is 10.0 Å². The summed E-state index contributed by atoms with van der Waals surface area (Å²) in [6, 6.07) is 12.9. The molecule has 2 heterocycles. The quantitative estimate of drug-likeness (QED) is 0.700. The lowest BCUT2D eigenvalue weighted by molar-refractivity contribution is 0.0496. The topological polar surface area (TPSA) is 61.9 Å². The second kappa shape index (κ2) is 8.74. The van der Waals surface area contributed by atoms with Crippen LogP contribution < -0.4 is 5.32 Å². The van der Waals surface area contributed by atoms with Gasteiger partial charge < -0.3 is 19.9 Å². The van der Waals surface area contributed by atoms with Crippen molar-refractivity contribution in [2.45, 2.75) is 32.0 Å². The van der Waals surface area contributed by atoms with E-state index in [2.05, 4.69) is 5.32 Å². The van der Waals surface area contributed by atoms with Crippen LogP contribution in [0.4, 0.5) is 10.5 Å². The summed E-state index contributed by atoms with van der Waals surface area (Å²) < 4.78 is 5.11. The van der Waals surface area contributed by atoms with Gasteiger partial charge in [-0.05, 0) is 44.0 Å². The van der Waals surface area contributed by atoms with E-state index >= 15 is 0 Å². The van der Waals surface area contributed by atoms with E-state index in [4.69, 9.17) is 27.9 Å². The first-order valence-electron chi connectivity index (χ1n) is 10.0. The molecule has 2 amide bonds. The summed E-state index contributed by atoms with van der Waals surface area (Å²) in [5.41, 5.74) is 2.36. The first kappa shape index (κ1) is 20.8. The van der Waals surface area contributed by atoms with E-state index in [1.165, 1.54) is 0 Å². The van der Waals surface area contributed by atoms with Crippen LogP contribution in [0.3, 0.4) is 0 Å². The van der Waals surface area contributed by atoms with Crippen LogP contribution in [0.1, 0.15) is 41.9 Å². The SMILES string of the molecule is CCOC(=O)N1CCC(N2C(=O)c3ccccc3[C@@H]2Nc2cc(Cl)cc(Cl)c2)CC1. The number of likely N-dealkylation sites (tertiary alicyclic amines) is 1. The molecular formula is C22H23Cl2N3O3. The first-order valence-corrected chi connectivity index (χ1v) is 10.8. The van der Waals surface area contributed by atoms with Crippen LogP contribution in [0, 0.1) is 0 Å². The van der Waals surface area contributed by atoms with Crippen molar-refractivity contribution in [2.75, 3.05) is 25.0 Å². The van der Waals surface area contributed by atoms with Crippen molar-refractivity contribution in [3.63, 3.8) is 0 Å². The normalized spacial score (nSPS) is 19.0. The monoisotopic (exact) mass is 447 g/mol. The highest BCUT2D eigenvalue weighted by Gasteiger charge is 2.42. The summed E-state index contributed by atoms with van der Waals surface area (Å²) in [5, 5.41) is 4.49. The van der Waals surface area contributed by atoms with Crippen LogP contribution in [0.25, 0.3) is 0 Å². The molecule has 158 valence electrons. The van der Waals surface area contributed by atoms with Gasteiger partial charge in [-0.3, -0.25) is 4.79 Å². The third-order valence-electron chi connectivity index (χ3n) is 5.55. The Morgan fingerprint density at radius 1 is 1.13 bits per heavy atom. The zero-order chi connectivity index (χ0) is 21.3. The van der Waals surface area contributed by atoms with E-state index in [9.17, 15) is 9.59 Å². The number of nitrogens with zero attached hydrogens (tertiary/aromatic N) is 2. The van der Waals surface area contributed by atoms with E-state index in [1.807, 2.05) is 29.2 Å². The molecule has 1 saturated heterocycles. The molecule has 0 aromatic heterocycles. The van der Waals surface area contributed by atoms with Gasteiger partial charge in [0.05, 0.1) is 6.61 Å². The van der Waals surface area contributed by atoms with E-state index in [-0.39, 0.29) is 24.2 Å². The van der Waals surface area contributed by atoms with Crippen molar-refractivity contribution >= 4 is 40.9 Å². The van der Waals surface area contributed by atoms with Gasteiger partial charge in [0.15, 0.2) is 0 Å². The molecule has 2 aliphatic rings. The molecule has 0 spiro atoms. The minimum absolute atomic E-state index is 0.00253. The number of ether oxygens (including phenoxy) is 1. The van der Waals surface area contributed by atoms with Gasteiger partial charge in [0.1, 0.15) is 6.17 Å². The molecule has 0 saturated carbocycles. The van der Waals surface area contributed by atoms with E-state index in [1.54, 1.807) is 30.0 Å². The second-order valence-electron chi connectivity index (χ2n) is 7.42. The summed E-state index contributed by atoms with van der Waals surface area (Å²) in [6.45, 7) is 3.26. The van der Waals surface area contributed by atoms with Gasteiger partial charge in [0.25, 0.3) is 5.91 Å². The predicted molar refractivity (Wildman–Crippen MR) is 117 cm³/mol. The number of carbonyl (C=O) groups excluding carboxylic acids is 2. The Labute approximate surface area is 185 Å². The molecule has 0 unspecified atom stereocenters. The molecule has 0 bridgehead atoms. The lowest BCUT2D eigenvalue weighted by atomic mass is 10.0. The van der Waals surface area contributed by atoms with Crippen molar-refractivity contribution in [3.05, 3.63) is 63.6 Å². The number of hydrogen-bond acceptors (Lipinski definition) is 4. The fraction of sp³-hybridized carbons (Fsp3) is 0.364. The highest BCUT2D eigenvalue weighted by Crippen LogP contribution is 2.38. The molecule has 0 aliphatic carbocycles. The number of anilines is 1. The maximum absolute atomic E-state index is 13.3. The van der Waals surface area contributed by atoms with Crippen LogP contribution in [-0.4, -0.2) is 47.5 Å². The van der Waals surface area contributed by atoms with Gasteiger partial charge in [-0.25, -0.2) is 4.79 Å². The maximum Gasteiger partial charge on any atom is 0.409 e. The van der Waals surface area contributed by atoms with Crippen LogP contribution in [0.15, 0.2) is 42.5 Å². The van der Waals surface area contributed by atoms with Crippen LogP contribution >= 0.6 is 23.2 Å². The third kappa shape index (κ3) is 4.07. The first-order chi connectivity index (χ1) is 14.5. The number of rotatable bonds is 4. The molecule has 2 aromatic rings. The molecule has 8 heteroatoms. The molecule has 1 N–H and O–H groups in total. The molecule has 1 fully saturated rings. The third-order valence-corrected chi connectivity index (χ3v) is 5.98. The average Bonchev–Trinajstić information content (AvgIpc) is 2.99. The van der Waals surface area contributed by atoms with Crippen LogP contribution in [0.5, 0.6) is 0 Å². The van der Waals surface area contributed by atoms with Crippen molar-refractivity contribution in [2.24, 2.45) is 0 Å². The lowest BCUT2D eigenvalue weighted by Gasteiger charge is -2.39. The van der Waals surface area contributed by atoms with Crippen molar-refractivity contribution < 1.29 is 14.3 Å². The molecular weight excluding hydrogens is 425 g/mol. The Balaban J connectivity index is 1.58. The summed E-state index contributed by atoms with van der Waals surface area (Å²) in [6.07, 6.45) is 0.748. The summed E-state index contributed by atoms with van der Waals surface area (Å²) in [5.74, 6) is -0.00851. The average molecular weight is 448 g/mol. The second-order valence-corrected chi connectivity index (χ2v) is 8.29. The van der Waals surface area contributed by atoms with Gasteiger partial charge >= 0.3 is 6.09 Å². The number of piperidine rings is 1. The Morgan fingerprint density at radius 3 is 2.47 bits per heavy atom. The van der Waals surface area contributed by atoms with Gasteiger partial charge in [-0.2, -0.15) is 0 Å². The van der Waals surface area contributed by atoms with E-state index in [0.29, 0.717) is 48.1 Å². The maximum atomic E-state index is 13.3. The van der Waals surface area contributed by atoms with Gasteiger partial charge in [0, 0.05) is 46.0 Å². The molecule has 2 aromatic carbocycles. The summed E-state index contributed by atoms with van der Waals surface area (Å²) in [4.78, 5) is 28.9. The Hall–Kier alpha value is -2.44. The predicted octanol–water partition coefficient (Wildman–Crippen LogP) is 5.18. The number of fused-ring (bicyclic) bond motifs is 1. The number of hydrogen-bond donors (Lipinski definition) is 1. The number of nitrogens with one attached hydrogen (secondary N) is 1. The van der Waals surface area contributed by atoms with Gasteiger partial charge in [-0.15, -0.1) is 0 Å². The zero-order valence-electron chi connectivity index (χ0n) is 16.6. The number of halogens is 2. The van der Waals surface area contributed by atoms with Gasteiger partial charge in [-0.1, -0.05) is 41.4 Å². The zero-order valence-corrected chi connectivity index (χ0v) is 18.1. The van der Waals surface area contributed by atoms with Crippen molar-refractivity contribution in [3.8, 4) is 0 Å². The molecule has 0 radical (unpaired) electrons. The number of amides is 2. The fourth-order valence-electron chi connectivity index (χ4n) is 4.20. The Kier molecular flexibility index (Phi) is 6.06. The molecule has 4 rings (SSSR count). The number of carbonyl (C=O) groups is 2. The highest BCUT2D eigenvalue weighted by atomic mass is 35.5. The minimum Gasteiger partial charge on any atom is -0.450 e. The van der Waals surface area contributed by atoms with Crippen LogP contribution in [-0.2, 0) is 4.74 Å². The molecule has 30 heavy (non-hydrogen) atoms. The molecule has 2 aliphatic heterocycles. The smallest absolute Gasteiger partial charge is 0.409 e.